The molecule has 0 aliphatic carbocycles. The van der Waals surface area contributed by atoms with E-state index in [1.54, 1.807) is 39.3 Å². The van der Waals surface area contributed by atoms with Gasteiger partial charge in [-0.2, -0.15) is 10.2 Å². The summed E-state index contributed by atoms with van der Waals surface area (Å²) in [5.74, 6) is 1.51. The van der Waals surface area contributed by atoms with Crippen LogP contribution in [0.5, 0.6) is 17.2 Å². The molecule has 1 heterocycles. The number of ether oxygens (including phenoxy) is 3. The van der Waals surface area contributed by atoms with Gasteiger partial charge in [-0.05, 0) is 50.2 Å². The van der Waals surface area contributed by atoms with Gasteiger partial charge in [-0.25, -0.2) is 5.43 Å². The SMILES string of the molecule is CCOc1ccccc1-c1cc(C(=O)NN=C(C)c2ccc(OC)c(OC)c2)[nH]n1. The molecule has 0 atom stereocenters. The second-order valence-corrected chi connectivity index (χ2v) is 6.30. The van der Waals surface area contributed by atoms with E-state index in [9.17, 15) is 4.79 Å². The minimum atomic E-state index is -0.400. The first-order valence-electron chi connectivity index (χ1n) is 9.42. The number of nitrogens with one attached hydrogen (secondary N) is 2. The largest absolute Gasteiger partial charge is 0.493 e. The van der Waals surface area contributed by atoms with Crippen molar-refractivity contribution in [2.75, 3.05) is 20.8 Å². The second kappa shape index (κ2) is 9.60. The molecule has 0 saturated heterocycles. The van der Waals surface area contributed by atoms with Crippen LogP contribution in [0.3, 0.4) is 0 Å². The number of para-hydroxylation sites is 1. The standard InChI is InChI=1S/C22H24N4O4/c1-5-30-19-9-7-6-8-16(19)17-13-18(25-24-17)22(27)26-23-14(2)15-10-11-20(28-3)21(12-15)29-4/h6-13H,5H2,1-4H3,(H,24,25)(H,26,27). The number of benzene rings is 2. The molecule has 1 amide bonds. The maximum absolute atomic E-state index is 12.5. The third-order valence-electron chi connectivity index (χ3n) is 4.41. The van der Waals surface area contributed by atoms with Crippen LogP contribution in [0.4, 0.5) is 0 Å². The van der Waals surface area contributed by atoms with Gasteiger partial charge in [0.15, 0.2) is 11.5 Å². The Hall–Kier alpha value is -3.81. The highest BCUT2D eigenvalue weighted by Gasteiger charge is 2.14. The molecule has 1 aromatic heterocycles. The molecule has 0 fully saturated rings. The van der Waals surface area contributed by atoms with Gasteiger partial charge in [-0.1, -0.05) is 12.1 Å². The number of nitrogens with zero attached hydrogens (tertiary/aromatic N) is 2. The number of carbonyl (C=O) groups is 1. The van der Waals surface area contributed by atoms with Crippen LogP contribution in [0.1, 0.15) is 29.9 Å². The highest BCUT2D eigenvalue weighted by molar-refractivity contribution is 6.01. The minimum Gasteiger partial charge on any atom is -0.493 e. The summed E-state index contributed by atoms with van der Waals surface area (Å²) in [6, 6.07) is 14.6. The number of hydrazone groups is 1. The fourth-order valence-electron chi connectivity index (χ4n) is 2.86. The van der Waals surface area contributed by atoms with Crippen molar-refractivity contribution in [1.29, 1.82) is 0 Å². The Morgan fingerprint density at radius 2 is 1.83 bits per heavy atom. The molecule has 8 nitrogen and oxygen atoms in total. The number of hydrogen-bond donors (Lipinski definition) is 2. The third kappa shape index (κ3) is 4.60. The van der Waals surface area contributed by atoms with E-state index in [1.807, 2.05) is 37.3 Å². The first kappa shape index (κ1) is 20.9. The van der Waals surface area contributed by atoms with Gasteiger partial charge < -0.3 is 14.2 Å². The van der Waals surface area contributed by atoms with Gasteiger partial charge >= 0.3 is 0 Å². The van der Waals surface area contributed by atoms with E-state index in [1.165, 1.54) is 0 Å². The lowest BCUT2D eigenvalue weighted by molar-refractivity contribution is 0.0950. The average Bonchev–Trinajstić information content (AvgIpc) is 3.27. The van der Waals surface area contributed by atoms with E-state index in [2.05, 4.69) is 20.7 Å². The van der Waals surface area contributed by atoms with Crippen LogP contribution in [0.25, 0.3) is 11.3 Å². The zero-order valence-corrected chi connectivity index (χ0v) is 17.4. The van der Waals surface area contributed by atoms with Crippen LogP contribution in [-0.4, -0.2) is 42.6 Å². The van der Waals surface area contributed by atoms with Crippen LogP contribution < -0.4 is 19.6 Å². The predicted octanol–water partition coefficient (Wildman–Crippen LogP) is 3.65. The second-order valence-electron chi connectivity index (χ2n) is 6.30. The van der Waals surface area contributed by atoms with E-state index < -0.39 is 5.91 Å². The Labute approximate surface area is 174 Å². The number of aromatic nitrogens is 2. The summed E-state index contributed by atoms with van der Waals surface area (Å²) in [6.45, 7) is 4.25. The molecule has 3 rings (SSSR count). The summed E-state index contributed by atoms with van der Waals surface area (Å²) in [4.78, 5) is 12.5. The molecule has 156 valence electrons. The number of hydrogen-bond acceptors (Lipinski definition) is 6. The molecular formula is C22H24N4O4. The molecule has 30 heavy (non-hydrogen) atoms. The Bertz CT molecular complexity index is 1060. The van der Waals surface area contributed by atoms with Crippen molar-refractivity contribution in [3.63, 3.8) is 0 Å². The van der Waals surface area contributed by atoms with Crippen molar-refractivity contribution in [2.24, 2.45) is 5.10 Å². The first-order valence-corrected chi connectivity index (χ1v) is 9.42. The van der Waals surface area contributed by atoms with Crippen LogP contribution in [0, 0.1) is 0 Å². The van der Waals surface area contributed by atoms with E-state index in [4.69, 9.17) is 14.2 Å². The number of amides is 1. The highest BCUT2D eigenvalue weighted by atomic mass is 16.5. The molecule has 0 aliphatic rings. The van der Waals surface area contributed by atoms with Crippen LogP contribution >= 0.6 is 0 Å². The summed E-state index contributed by atoms with van der Waals surface area (Å²) < 4.78 is 16.2. The normalized spacial score (nSPS) is 11.1. The Morgan fingerprint density at radius 1 is 1.07 bits per heavy atom. The van der Waals surface area contributed by atoms with E-state index >= 15 is 0 Å². The topological polar surface area (TPSA) is 97.8 Å². The molecule has 2 aromatic carbocycles. The number of rotatable bonds is 8. The smallest absolute Gasteiger partial charge is 0.289 e. The molecule has 8 heteroatoms. The monoisotopic (exact) mass is 408 g/mol. The third-order valence-corrected chi connectivity index (χ3v) is 4.41. The number of methoxy groups -OCH3 is 2. The van der Waals surface area contributed by atoms with E-state index in [0.29, 0.717) is 41.0 Å². The van der Waals surface area contributed by atoms with Crippen molar-refractivity contribution in [3.8, 4) is 28.5 Å². The van der Waals surface area contributed by atoms with Gasteiger partial charge in [0.05, 0.1) is 32.2 Å². The van der Waals surface area contributed by atoms with Crippen molar-refractivity contribution >= 4 is 11.6 Å². The van der Waals surface area contributed by atoms with Gasteiger partial charge in [0.1, 0.15) is 11.4 Å². The van der Waals surface area contributed by atoms with Crippen molar-refractivity contribution in [2.45, 2.75) is 13.8 Å². The molecule has 0 radical (unpaired) electrons. The van der Waals surface area contributed by atoms with Gasteiger partial charge in [0, 0.05) is 11.1 Å². The molecule has 0 aliphatic heterocycles. The maximum atomic E-state index is 12.5. The summed E-state index contributed by atoms with van der Waals surface area (Å²) in [5, 5.41) is 11.2. The quantitative estimate of drug-likeness (QED) is 0.438. The average molecular weight is 408 g/mol. The van der Waals surface area contributed by atoms with Gasteiger partial charge in [0.25, 0.3) is 5.91 Å². The van der Waals surface area contributed by atoms with E-state index in [-0.39, 0.29) is 0 Å². The molecular weight excluding hydrogens is 384 g/mol. The van der Waals surface area contributed by atoms with Crippen molar-refractivity contribution in [3.05, 3.63) is 59.8 Å². The van der Waals surface area contributed by atoms with Crippen LogP contribution in [-0.2, 0) is 0 Å². The zero-order chi connectivity index (χ0) is 21.5. The lowest BCUT2D eigenvalue weighted by atomic mass is 10.1. The van der Waals surface area contributed by atoms with E-state index in [0.717, 1.165) is 11.1 Å². The minimum absolute atomic E-state index is 0.292. The number of aromatic amines is 1. The Morgan fingerprint density at radius 3 is 2.57 bits per heavy atom. The van der Waals surface area contributed by atoms with Gasteiger partial charge in [-0.3, -0.25) is 9.89 Å². The number of H-pyrrole nitrogens is 1. The van der Waals surface area contributed by atoms with Crippen molar-refractivity contribution < 1.29 is 19.0 Å². The lowest BCUT2D eigenvalue weighted by Crippen LogP contribution is -2.19. The molecule has 0 unspecified atom stereocenters. The summed E-state index contributed by atoms with van der Waals surface area (Å²) in [6.07, 6.45) is 0. The Balaban J connectivity index is 1.74. The maximum Gasteiger partial charge on any atom is 0.289 e. The zero-order valence-electron chi connectivity index (χ0n) is 17.4. The fourth-order valence-corrected chi connectivity index (χ4v) is 2.86. The summed E-state index contributed by atoms with van der Waals surface area (Å²) in [7, 11) is 3.14. The van der Waals surface area contributed by atoms with Gasteiger partial charge in [0.2, 0.25) is 0 Å². The summed E-state index contributed by atoms with van der Waals surface area (Å²) in [5.41, 5.74) is 5.67. The first-order chi connectivity index (χ1) is 14.6. The molecule has 0 spiro atoms. The molecule has 0 saturated carbocycles. The van der Waals surface area contributed by atoms with Crippen molar-refractivity contribution in [1.82, 2.24) is 15.6 Å². The lowest BCUT2D eigenvalue weighted by Gasteiger charge is -2.09. The van der Waals surface area contributed by atoms with Crippen LogP contribution in [0.2, 0.25) is 0 Å². The fraction of sp³-hybridized carbons (Fsp3) is 0.227. The molecule has 3 aromatic rings. The predicted molar refractivity (Wildman–Crippen MR) is 114 cm³/mol. The Kier molecular flexibility index (Phi) is 6.69. The van der Waals surface area contributed by atoms with Gasteiger partial charge in [-0.15, -0.1) is 0 Å². The summed E-state index contributed by atoms with van der Waals surface area (Å²) >= 11 is 0. The molecule has 0 bridgehead atoms. The number of carbonyl (C=O) groups excluding carboxylic acids is 1. The van der Waals surface area contributed by atoms with Crippen LogP contribution in [0.15, 0.2) is 53.6 Å². The highest BCUT2D eigenvalue weighted by Crippen LogP contribution is 2.29. The molecule has 2 N–H and O–H groups in total.